The van der Waals surface area contributed by atoms with E-state index in [0.29, 0.717) is 43.3 Å². The average Bonchev–Trinajstić information content (AvgIpc) is 3.39. The fraction of sp³-hybridized carbons (Fsp3) is 0.200. The van der Waals surface area contributed by atoms with Crippen molar-refractivity contribution in [3.63, 3.8) is 0 Å². The van der Waals surface area contributed by atoms with E-state index < -0.39 is 24.3 Å². The van der Waals surface area contributed by atoms with Gasteiger partial charge in [0.2, 0.25) is 5.78 Å². The summed E-state index contributed by atoms with van der Waals surface area (Å²) < 4.78 is 11.1. The van der Waals surface area contributed by atoms with Crippen molar-refractivity contribution in [3.05, 3.63) is 74.9 Å². The summed E-state index contributed by atoms with van der Waals surface area (Å²) in [6.45, 7) is 4.78. The number of H-pyrrole nitrogens is 1. The van der Waals surface area contributed by atoms with Crippen LogP contribution in [0, 0.1) is 13.8 Å². The summed E-state index contributed by atoms with van der Waals surface area (Å²) in [6, 6.07) is 12.4. The number of fused-ring (bicyclic) bond motifs is 1. The Hall–Kier alpha value is -3.49. The highest BCUT2D eigenvalue weighted by Gasteiger charge is 2.24. The number of ether oxygens (including phenoxy) is 2. The minimum absolute atomic E-state index is 0.210. The van der Waals surface area contributed by atoms with Crippen LogP contribution in [0.25, 0.3) is 21.5 Å². The van der Waals surface area contributed by atoms with Gasteiger partial charge >= 0.3 is 11.9 Å². The molecule has 0 saturated heterocycles. The van der Waals surface area contributed by atoms with Crippen LogP contribution in [-0.2, 0) is 9.47 Å². The monoisotopic (exact) mass is 496 g/mol. The Bertz CT molecular complexity index is 1420. The molecule has 7 nitrogen and oxygen atoms in total. The second-order valence-corrected chi connectivity index (χ2v) is 9.24. The summed E-state index contributed by atoms with van der Waals surface area (Å²) in [5.74, 6) is -1.61. The van der Waals surface area contributed by atoms with Crippen LogP contribution >= 0.6 is 22.9 Å². The van der Waals surface area contributed by atoms with Crippen LogP contribution in [0.3, 0.4) is 0 Å². The first-order valence-corrected chi connectivity index (χ1v) is 11.7. The summed E-state index contributed by atoms with van der Waals surface area (Å²) >= 11 is 7.42. The van der Waals surface area contributed by atoms with Gasteiger partial charge in [-0.25, -0.2) is 14.6 Å². The van der Waals surface area contributed by atoms with Crippen molar-refractivity contribution in [2.45, 2.75) is 20.8 Å². The zero-order valence-electron chi connectivity index (χ0n) is 18.7. The van der Waals surface area contributed by atoms with Crippen LogP contribution in [0.5, 0.6) is 0 Å². The number of pyridine rings is 1. The number of aromatic nitrogens is 2. The van der Waals surface area contributed by atoms with Crippen molar-refractivity contribution in [1.82, 2.24) is 9.97 Å². The Morgan fingerprint density at radius 2 is 1.82 bits per heavy atom. The van der Waals surface area contributed by atoms with E-state index in [2.05, 4.69) is 9.97 Å². The summed E-state index contributed by atoms with van der Waals surface area (Å²) in [4.78, 5) is 46.4. The molecule has 1 N–H and O–H groups in total. The molecule has 3 heterocycles. The molecule has 0 bridgehead atoms. The van der Waals surface area contributed by atoms with Crippen molar-refractivity contribution in [2.24, 2.45) is 0 Å². The van der Waals surface area contributed by atoms with Crippen molar-refractivity contribution >= 4 is 51.6 Å². The second-order valence-electron chi connectivity index (χ2n) is 7.52. The summed E-state index contributed by atoms with van der Waals surface area (Å²) in [7, 11) is 0. The Morgan fingerprint density at radius 3 is 2.53 bits per heavy atom. The SMILES string of the molecule is CCOC(=O)c1c(C)[nH]c(C(=O)COC(=O)c2cc(-c3ccc(Cl)s3)nc3ccccc23)c1C. The van der Waals surface area contributed by atoms with E-state index in [0.717, 1.165) is 4.88 Å². The number of esters is 2. The molecule has 3 aromatic heterocycles. The predicted octanol–water partition coefficient (Wildman–Crippen LogP) is 5.78. The lowest BCUT2D eigenvalue weighted by Gasteiger charge is -2.09. The number of carbonyl (C=O) groups excluding carboxylic acids is 3. The van der Waals surface area contributed by atoms with Gasteiger partial charge in [0.1, 0.15) is 0 Å². The molecule has 0 atom stereocenters. The highest BCUT2D eigenvalue weighted by molar-refractivity contribution is 7.19. The van der Waals surface area contributed by atoms with Gasteiger partial charge in [0.15, 0.2) is 6.61 Å². The minimum Gasteiger partial charge on any atom is -0.462 e. The van der Waals surface area contributed by atoms with E-state index in [1.165, 1.54) is 11.3 Å². The lowest BCUT2D eigenvalue weighted by atomic mass is 10.1. The number of aryl methyl sites for hydroxylation is 1. The van der Waals surface area contributed by atoms with Crippen LogP contribution in [0.1, 0.15) is 49.4 Å². The maximum absolute atomic E-state index is 13.0. The zero-order valence-corrected chi connectivity index (χ0v) is 20.3. The molecular formula is C25H21ClN2O5S. The molecule has 0 aliphatic rings. The molecule has 0 spiro atoms. The first kappa shape index (κ1) is 23.7. The number of aromatic amines is 1. The molecule has 34 heavy (non-hydrogen) atoms. The average molecular weight is 497 g/mol. The fourth-order valence-electron chi connectivity index (χ4n) is 3.74. The van der Waals surface area contributed by atoms with Gasteiger partial charge in [0, 0.05) is 11.1 Å². The van der Waals surface area contributed by atoms with Gasteiger partial charge in [-0.1, -0.05) is 29.8 Å². The molecule has 0 aliphatic heterocycles. The van der Waals surface area contributed by atoms with E-state index in [-0.39, 0.29) is 12.3 Å². The maximum Gasteiger partial charge on any atom is 0.340 e. The van der Waals surface area contributed by atoms with Crippen LogP contribution in [0.4, 0.5) is 0 Å². The normalized spacial score (nSPS) is 10.9. The highest BCUT2D eigenvalue weighted by atomic mass is 35.5. The Kier molecular flexibility index (Phi) is 6.81. The van der Waals surface area contributed by atoms with Crippen molar-refractivity contribution in [2.75, 3.05) is 13.2 Å². The Labute approximate surface area is 204 Å². The van der Waals surface area contributed by atoms with E-state index in [1.807, 2.05) is 12.1 Å². The number of ketones is 1. The van der Waals surface area contributed by atoms with E-state index in [9.17, 15) is 14.4 Å². The highest BCUT2D eigenvalue weighted by Crippen LogP contribution is 2.32. The van der Waals surface area contributed by atoms with Gasteiger partial charge in [-0.2, -0.15) is 0 Å². The van der Waals surface area contributed by atoms with Crippen LogP contribution in [0.2, 0.25) is 4.34 Å². The largest absolute Gasteiger partial charge is 0.462 e. The van der Waals surface area contributed by atoms with E-state index in [1.54, 1.807) is 51.1 Å². The topological polar surface area (TPSA) is 98.4 Å². The van der Waals surface area contributed by atoms with Crippen molar-refractivity contribution in [1.29, 1.82) is 0 Å². The molecule has 4 aromatic rings. The van der Waals surface area contributed by atoms with Crippen LogP contribution < -0.4 is 0 Å². The fourth-order valence-corrected chi connectivity index (χ4v) is 4.75. The minimum atomic E-state index is -0.651. The number of thiophene rings is 1. The standard InChI is InChI=1S/C25H21ClN2O5S/c1-4-32-25(31)22-13(2)23(27-14(22)3)19(29)12-33-24(30)16-11-18(20-9-10-21(26)34-20)28-17-8-6-5-7-15(16)17/h5-11,27H,4,12H2,1-3H3. The molecule has 4 rings (SSSR count). The smallest absolute Gasteiger partial charge is 0.340 e. The molecule has 0 unspecified atom stereocenters. The molecule has 0 saturated carbocycles. The summed E-state index contributed by atoms with van der Waals surface area (Å²) in [5, 5.41) is 0.614. The first-order valence-electron chi connectivity index (χ1n) is 10.5. The third-order valence-electron chi connectivity index (χ3n) is 5.29. The molecule has 9 heteroatoms. The zero-order chi connectivity index (χ0) is 24.4. The molecule has 174 valence electrons. The number of para-hydroxylation sites is 1. The summed E-state index contributed by atoms with van der Waals surface area (Å²) in [5.41, 5.74) is 3.01. The van der Waals surface area contributed by atoms with Gasteiger partial charge in [-0.15, -0.1) is 11.3 Å². The van der Waals surface area contributed by atoms with Gasteiger partial charge in [-0.3, -0.25) is 4.79 Å². The lowest BCUT2D eigenvalue weighted by molar-refractivity contribution is 0.0474. The number of carbonyl (C=O) groups is 3. The van der Waals surface area contributed by atoms with Crippen molar-refractivity contribution < 1.29 is 23.9 Å². The Balaban J connectivity index is 1.59. The van der Waals surface area contributed by atoms with Gasteiger partial charge in [0.25, 0.3) is 0 Å². The van der Waals surface area contributed by atoms with E-state index in [4.69, 9.17) is 21.1 Å². The molecule has 0 fully saturated rings. The Morgan fingerprint density at radius 1 is 1.06 bits per heavy atom. The first-order chi connectivity index (χ1) is 16.3. The number of hydrogen-bond acceptors (Lipinski definition) is 7. The third kappa shape index (κ3) is 4.60. The van der Waals surface area contributed by atoms with Gasteiger partial charge in [0.05, 0.1) is 43.9 Å². The molecule has 0 radical (unpaired) electrons. The molecule has 1 aromatic carbocycles. The summed E-state index contributed by atoms with van der Waals surface area (Å²) in [6.07, 6.45) is 0. The van der Waals surface area contributed by atoms with Crippen LogP contribution in [0.15, 0.2) is 42.5 Å². The van der Waals surface area contributed by atoms with Crippen molar-refractivity contribution in [3.8, 4) is 10.6 Å². The quantitative estimate of drug-likeness (QED) is 0.257. The number of benzene rings is 1. The third-order valence-corrected chi connectivity index (χ3v) is 6.55. The van der Waals surface area contributed by atoms with E-state index >= 15 is 0 Å². The second kappa shape index (κ2) is 9.79. The number of halogens is 1. The predicted molar refractivity (Wildman–Crippen MR) is 131 cm³/mol. The lowest BCUT2D eigenvalue weighted by Crippen LogP contribution is -2.16. The number of Topliss-reactive ketones (excluding diaryl/α,β-unsaturated/α-hetero) is 1. The number of nitrogens with one attached hydrogen (secondary N) is 1. The number of rotatable bonds is 7. The number of nitrogens with zero attached hydrogens (tertiary/aromatic N) is 1. The van der Waals surface area contributed by atoms with Gasteiger partial charge in [-0.05, 0) is 50.6 Å². The molecular weight excluding hydrogens is 476 g/mol. The van der Waals surface area contributed by atoms with Crippen LogP contribution in [-0.4, -0.2) is 40.9 Å². The van der Waals surface area contributed by atoms with Gasteiger partial charge < -0.3 is 14.5 Å². The molecule has 0 amide bonds. The number of hydrogen-bond donors (Lipinski definition) is 1. The maximum atomic E-state index is 13.0. The molecule has 0 aliphatic carbocycles.